The molecule has 4 aromatic carbocycles. The van der Waals surface area contributed by atoms with Crippen LogP contribution in [0, 0.1) is 91.0 Å². The standard InChI is InChI=1S/C24H9N9O18/c34-25(35)13-4-16(28(40)41)22(17(5-13)29(42)43)10-1-11(23-18(30(44)45)6-14(26(36)37)7-19(23)31(46)47)3-12(2-10)24-20(32(48)49)8-15(27(38)39)9-21(24)33(50)51/h1-9H. The van der Waals surface area contributed by atoms with Crippen molar-refractivity contribution in [3.05, 3.63) is 146 Å². The van der Waals surface area contributed by atoms with E-state index in [0.717, 1.165) is 0 Å². The third-order valence-corrected chi connectivity index (χ3v) is 6.86. The molecular formula is C24H9N9O18. The minimum atomic E-state index is -1.40. The van der Waals surface area contributed by atoms with Crippen LogP contribution >= 0.6 is 0 Å². The molecule has 51 heavy (non-hydrogen) atoms. The Hall–Kier alpha value is -8.52. The second-order valence-corrected chi connectivity index (χ2v) is 9.69. The molecule has 0 saturated carbocycles. The summed E-state index contributed by atoms with van der Waals surface area (Å²) in [5.74, 6) is 0. The molecule has 0 radical (unpaired) electrons. The number of nitro groups is 9. The summed E-state index contributed by atoms with van der Waals surface area (Å²) in [6.45, 7) is 0. The molecule has 0 aromatic heterocycles. The highest BCUT2D eigenvalue weighted by Crippen LogP contribution is 2.49. The number of hydrogen-bond acceptors (Lipinski definition) is 18. The van der Waals surface area contributed by atoms with Crippen molar-refractivity contribution in [2.75, 3.05) is 0 Å². The second-order valence-electron chi connectivity index (χ2n) is 9.69. The van der Waals surface area contributed by atoms with Gasteiger partial charge in [-0.3, -0.25) is 91.0 Å². The van der Waals surface area contributed by atoms with E-state index < -0.39 is 129 Å². The third kappa shape index (κ3) is 6.53. The van der Waals surface area contributed by atoms with Gasteiger partial charge in [-0.2, -0.15) is 0 Å². The van der Waals surface area contributed by atoms with Crippen LogP contribution < -0.4 is 0 Å². The summed E-state index contributed by atoms with van der Waals surface area (Å²) in [6.07, 6.45) is 0. The van der Waals surface area contributed by atoms with Crippen molar-refractivity contribution in [2.45, 2.75) is 0 Å². The maximum absolute atomic E-state index is 12.1. The molecule has 0 unspecified atom stereocenters. The summed E-state index contributed by atoms with van der Waals surface area (Å²) in [7, 11) is 0. The lowest BCUT2D eigenvalue weighted by Crippen LogP contribution is -2.04. The zero-order valence-corrected chi connectivity index (χ0v) is 24.1. The molecule has 0 N–H and O–H groups in total. The van der Waals surface area contributed by atoms with Gasteiger partial charge in [-0.1, -0.05) is 0 Å². The topological polar surface area (TPSA) is 388 Å². The Morgan fingerprint density at radius 3 is 0.529 bits per heavy atom. The molecule has 0 aliphatic carbocycles. The average Bonchev–Trinajstić information content (AvgIpc) is 3.05. The minimum absolute atomic E-state index is 0.238. The van der Waals surface area contributed by atoms with Gasteiger partial charge < -0.3 is 0 Å². The molecule has 4 rings (SSSR count). The van der Waals surface area contributed by atoms with Crippen LogP contribution in [0.2, 0.25) is 0 Å². The molecule has 0 amide bonds. The number of nitro benzene ring substituents is 9. The first-order chi connectivity index (χ1) is 23.7. The molecule has 0 atom stereocenters. The number of hydrogen-bond donors (Lipinski definition) is 0. The molecule has 0 aliphatic rings. The lowest BCUT2D eigenvalue weighted by Gasteiger charge is -2.13. The average molecular weight is 711 g/mol. The van der Waals surface area contributed by atoms with Gasteiger partial charge in [-0.15, -0.1) is 0 Å². The van der Waals surface area contributed by atoms with Gasteiger partial charge in [0.1, 0.15) is 16.7 Å². The van der Waals surface area contributed by atoms with Crippen LogP contribution in [-0.2, 0) is 0 Å². The number of non-ortho nitro benzene ring substituents is 3. The molecular weight excluding hydrogens is 702 g/mol. The van der Waals surface area contributed by atoms with Crippen molar-refractivity contribution >= 4 is 51.2 Å². The Balaban J connectivity index is 2.38. The van der Waals surface area contributed by atoms with E-state index in [-0.39, 0.29) is 36.4 Å². The fourth-order valence-corrected chi connectivity index (χ4v) is 4.92. The third-order valence-electron chi connectivity index (χ3n) is 6.86. The zero-order chi connectivity index (χ0) is 38.2. The van der Waals surface area contributed by atoms with Crippen molar-refractivity contribution in [2.24, 2.45) is 0 Å². The van der Waals surface area contributed by atoms with Crippen molar-refractivity contribution in [3.63, 3.8) is 0 Å². The van der Waals surface area contributed by atoms with E-state index >= 15 is 0 Å². The van der Waals surface area contributed by atoms with Crippen LogP contribution in [-0.4, -0.2) is 44.3 Å². The predicted molar refractivity (Wildman–Crippen MR) is 163 cm³/mol. The fraction of sp³-hybridized carbons (Fsp3) is 0. The lowest BCUT2D eigenvalue weighted by atomic mass is 9.89. The summed E-state index contributed by atoms with van der Waals surface area (Å²) in [4.78, 5) is 95.1. The van der Waals surface area contributed by atoms with Crippen LogP contribution in [0.1, 0.15) is 0 Å². The van der Waals surface area contributed by atoms with Crippen LogP contribution in [0.3, 0.4) is 0 Å². The van der Waals surface area contributed by atoms with Crippen molar-refractivity contribution in [1.29, 1.82) is 0 Å². The fourth-order valence-electron chi connectivity index (χ4n) is 4.92. The Bertz CT molecular complexity index is 1970. The van der Waals surface area contributed by atoms with Crippen LogP contribution in [0.15, 0.2) is 54.6 Å². The largest absolute Gasteiger partial charge is 0.291 e. The first-order valence-corrected chi connectivity index (χ1v) is 12.7. The van der Waals surface area contributed by atoms with Gasteiger partial charge in [0, 0.05) is 0 Å². The van der Waals surface area contributed by atoms with Crippen LogP contribution in [0.25, 0.3) is 33.4 Å². The van der Waals surface area contributed by atoms with E-state index in [0.29, 0.717) is 18.2 Å². The molecule has 0 heterocycles. The van der Waals surface area contributed by atoms with E-state index in [1.165, 1.54) is 0 Å². The first kappa shape index (κ1) is 35.3. The number of benzene rings is 4. The van der Waals surface area contributed by atoms with Gasteiger partial charge >= 0.3 is 0 Å². The second kappa shape index (κ2) is 12.9. The first-order valence-electron chi connectivity index (χ1n) is 12.7. The van der Waals surface area contributed by atoms with Gasteiger partial charge in [-0.05, 0) is 34.9 Å². The van der Waals surface area contributed by atoms with Crippen molar-refractivity contribution in [1.82, 2.24) is 0 Å². The normalized spacial score (nSPS) is 10.6. The molecule has 0 fully saturated rings. The molecule has 0 aliphatic heterocycles. The Kier molecular flexibility index (Phi) is 8.96. The van der Waals surface area contributed by atoms with E-state index in [4.69, 9.17) is 0 Å². The molecule has 0 saturated heterocycles. The quantitative estimate of drug-likeness (QED) is 0.122. The van der Waals surface area contributed by atoms with E-state index in [1.54, 1.807) is 0 Å². The summed E-state index contributed by atoms with van der Waals surface area (Å²) in [5, 5.41) is 107. The van der Waals surface area contributed by atoms with Gasteiger partial charge in [0.25, 0.3) is 51.2 Å². The van der Waals surface area contributed by atoms with Crippen molar-refractivity contribution < 1.29 is 44.3 Å². The minimum Gasteiger partial charge on any atom is -0.258 e. The lowest BCUT2D eigenvalue weighted by molar-refractivity contribution is -0.402. The summed E-state index contributed by atoms with van der Waals surface area (Å²) in [6, 6.07) is 3.12. The summed E-state index contributed by atoms with van der Waals surface area (Å²) >= 11 is 0. The number of rotatable bonds is 12. The highest BCUT2D eigenvalue weighted by molar-refractivity contribution is 5.95. The van der Waals surface area contributed by atoms with E-state index in [2.05, 4.69) is 0 Å². The molecule has 4 aromatic rings. The Labute approximate surface area is 274 Å². The molecule has 258 valence electrons. The van der Waals surface area contributed by atoms with Gasteiger partial charge in [-0.25, -0.2) is 0 Å². The van der Waals surface area contributed by atoms with Gasteiger partial charge in [0.05, 0.1) is 80.7 Å². The Morgan fingerprint density at radius 2 is 0.412 bits per heavy atom. The van der Waals surface area contributed by atoms with Gasteiger partial charge in [0.15, 0.2) is 0 Å². The predicted octanol–water partition coefficient (Wildman–Crippen LogP) is 5.86. The molecule has 27 nitrogen and oxygen atoms in total. The Morgan fingerprint density at radius 1 is 0.255 bits per heavy atom. The van der Waals surface area contributed by atoms with Gasteiger partial charge in [0.2, 0.25) is 0 Å². The van der Waals surface area contributed by atoms with Crippen molar-refractivity contribution in [3.8, 4) is 33.4 Å². The smallest absolute Gasteiger partial charge is 0.258 e. The highest BCUT2D eigenvalue weighted by Gasteiger charge is 2.37. The molecule has 0 spiro atoms. The van der Waals surface area contributed by atoms with E-state index in [9.17, 15) is 91.0 Å². The maximum Gasteiger partial charge on any atom is 0.291 e. The molecule has 0 bridgehead atoms. The monoisotopic (exact) mass is 711 g/mol. The van der Waals surface area contributed by atoms with E-state index in [1.807, 2.05) is 0 Å². The van der Waals surface area contributed by atoms with Crippen LogP contribution in [0.4, 0.5) is 51.2 Å². The SMILES string of the molecule is O=[N+]([O-])c1cc([N+](=O)[O-])c(-c2cc(-c3c([N+](=O)[O-])cc([N+](=O)[O-])cc3[N+](=O)[O-])cc(-c3c([N+](=O)[O-])cc([N+](=O)[O-])cc3[N+](=O)[O-])c2)c([N+](=O)[O-])c1. The van der Waals surface area contributed by atoms with Crippen LogP contribution in [0.5, 0.6) is 0 Å². The molecule has 27 heteroatoms. The highest BCUT2D eigenvalue weighted by atomic mass is 16.7. The number of nitrogens with zero attached hydrogens (tertiary/aromatic N) is 9. The maximum atomic E-state index is 12.1. The summed E-state index contributed by atoms with van der Waals surface area (Å²) in [5.41, 5.74) is -18.2. The summed E-state index contributed by atoms with van der Waals surface area (Å²) < 4.78 is 0. The zero-order valence-electron chi connectivity index (χ0n) is 24.1.